The average molecular weight is 168 g/mol. The standard InChI is InChI=1S/C8H12N2O2/c1-9(11)7-5-3-4-6-8(7)10(2)12/h3-6,9-10H,1-2H3. The molecule has 0 radical (unpaired) electrons. The summed E-state index contributed by atoms with van der Waals surface area (Å²) in [5.74, 6) is 0. The van der Waals surface area contributed by atoms with Gasteiger partial charge in [-0.3, -0.25) is 0 Å². The van der Waals surface area contributed by atoms with Crippen molar-refractivity contribution in [1.29, 1.82) is 0 Å². The average Bonchev–Trinajstić information content (AvgIpc) is 2.04. The second-order valence-corrected chi connectivity index (χ2v) is 2.66. The highest BCUT2D eigenvalue weighted by molar-refractivity contribution is 5.51. The first-order valence-electron chi connectivity index (χ1n) is 3.74. The quantitative estimate of drug-likeness (QED) is 0.555. The number of para-hydroxylation sites is 2. The summed E-state index contributed by atoms with van der Waals surface area (Å²) >= 11 is 0. The van der Waals surface area contributed by atoms with Gasteiger partial charge < -0.3 is 20.5 Å². The Bertz CT molecular complexity index is 234. The first-order chi connectivity index (χ1) is 5.63. The van der Waals surface area contributed by atoms with Gasteiger partial charge in [0.15, 0.2) is 11.4 Å². The molecule has 2 N–H and O–H groups in total. The van der Waals surface area contributed by atoms with Gasteiger partial charge in [-0.15, -0.1) is 0 Å². The zero-order valence-corrected chi connectivity index (χ0v) is 7.13. The number of quaternary nitrogens is 2. The van der Waals surface area contributed by atoms with Gasteiger partial charge in [-0.05, 0) is 0 Å². The Kier molecular flexibility index (Phi) is 2.78. The fourth-order valence-electron chi connectivity index (χ4n) is 1.10. The van der Waals surface area contributed by atoms with E-state index in [1.807, 2.05) is 0 Å². The first-order valence-corrected chi connectivity index (χ1v) is 3.74. The summed E-state index contributed by atoms with van der Waals surface area (Å²) in [5, 5.41) is 21.9. The summed E-state index contributed by atoms with van der Waals surface area (Å²) in [4.78, 5) is 0. The lowest BCUT2D eigenvalue weighted by Gasteiger charge is -2.22. The van der Waals surface area contributed by atoms with Crippen LogP contribution in [-0.4, -0.2) is 14.1 Å². The van der Waals surface area contributed by atoms with E-state index in [1.165, 1.54) is 14.1 Å². The van der Waals surface area contributed by atoms with Crippen LogP contribution in [0.2, 0.25) is 0 Å². The third-order valence-electron chi connectivity index (χ3n) is 1.69. The van der Waals surface area contributed by atoms with Crippen LogP contribution in [0.4, 0.5) is 11.4 Å². The molecule has 0 aliphatic carbocycles. The molecule has 0 aliphatic rings. The Morgan fingerprint density at radius 2 is 1.25 bits per heavy atom. The van der Waals surface area contributed by atoms with E-state index in [1.54, 1.807) is 24.3 Å². The van der Waals surface area contributed by atoms with E-state index in [0.717, 1.165) is 0 Å². The van der Waals surface area contributed by atoms with Crippen LogP contribution >= 0.6 is 0 Å². The van der Waals surface area contributed by atoms with Crippen molar-refractivity contribution < 1.29 is 10.1 Å². The summed E-state index contributed by atoms with van der Waals surface area (Å²) in [6, 6.07) is 6.84. The van der Waals surface area contributed by atoms with E-state index in [9.17, 15) is 10.4 Å². The minimum atomic E-state index is -0.0687. The normalized spacial score (nSPS) is 15.7. The van der Waals surface area contributed by atoms with Crippen molar-refractivity contribution in [3.05, 3.63) is 34.7 Å². The monoisotopic (exact) mass is 168 g/mol. The summed E-state index contributed by atoms with van der Waals surface area (Å²) in [7, 11) is 2.92. The van der Waals surface area contributed by atoms with Crippen molar-refractivity contribution >= 4 is 11.4 Å². The van der Waals surface area contributed by atoms with Crippen LogP contribution < -0.4 is 10.1 Å². The molecule has 66 valence electrons. The molecule has 0 saturated heterocycles. The molecule has 0 aromatic heterocycles. The fourth-order valence-corrected chi connectivity index (χ4v) is 1.10. The highest BCUT2D eigenvalue weighted by Gasteiger charge is 2.09. The van der Waals surface area contributed by atoms with E-state index in [4.69, 9.17) is 0 Å². The Hall–Kier alpha value is -0.940. The second kappa shape index (κ2) is 3.64. The van der Waals surface area contributed by atoms with Crippen molar-refractivity contribution in [2.45, 2.75) is 0 Å². The Morgan fingerprint density at radius 3 is 1.50 bits per heavy atom. The van der Waals surface area contributed by atoms with E-state index in [0.29, 0.717) is 11.4 Å². The molecule has 12 heavy (non-hydrogen) atoms. The van der Waals surface area contributed by atoms with Crippen LogP contribution in [0.5, 0.6) is 0 Å². The highest BCUT2D eigenvalue weighted by atomic mass is 16.5. The van der Waals surface area contributed by atoms with Crippen LogP contribution in [0, 0.1) is 10.4 Å². The van der Waals surface area contributed by atoms with Crippen molar-refractivity contribution in [1.82, 2.24) is 0 Å². The van der Waals surface area contributed by atoms with Gasteiger partial charge in [-0.25, -0.2) is 0 Å². The van der Waals surface area contributed by atoms with Gasteiger partial charge in [0.25, 0.3) is 0 Å². The molecule has 0 amide bonds. The molecule has 0 saturated carbocycles. The molecule has 0 spiro atoms. The molecule has 0 bridgehead atoms. The molecule has 0 heterocycles. The van der Waals surface area contributed by atoms with Gasteiger partial charge in [0.05, 0.1) is 14.1 Å². The zero-order chi connectivity index (χ0) is 9.14. The van der Waals surface area contributed by atoms with Gasteiger partial charge in [0, 0.05) is 12.1 Å². The molecule has 4 nitrogen and oxygen atoms in total. The third kappa shape index (κ3) is 1.80. The molecule has 2 unspecified atom stereocenters. The number of rotatable bonds is 2. The SMILES string of the molecule is C[NH+]([O-])c1ccccc1[NH+](C)[O-]. The summed E-state index contributed by atoms with van der Waals surface area (Å²) in [6.45, 7) is 0. The van der Waals surface area contributed by atoms with Gasteiger partial charge in [-0.2, -0.15) is 0 Å². The lowest BCUT2D eigenvalue weighted by molar-refractivity contribution is -0.782. The predicted molar refractivity (Wildman–Crippen MR) is 46.3 cm³/mol. The number of hydrogen-bond acceptors (Lipinski definition) is 2. The van der Waals surface area contributed by atoms with Gasteiger partial charge in [0.1, 0.15) is 0 Å². The Labute approximate surface area is 71.2 Å². The van der Waals surface area contributed by atoms with Crippen molar-refractivity contribution in [3.8, 4) is 0 Å². The maximum Gasteiger partial charge on any atom is 0.192 e. The van der Waals surface area contributed by atoms with Crippen molar-refractivity contribution in [3.63, 3.8) is 0 Å². The summed E-state index contributed by atoms with van der Waals surface area (Å²) < 4.78 is 0. The number of hydrogen-bond donors (Lipinski definition) is 2. The maximum absolute atomic E-state index is 11.0. The van der Waals surface area contributed by atoms with Crippen LogP contribution in [0.1, 0.15) is 0 Å². The smallest absolute Gasteiger partial charge is 0.192 e. The fraction of sp³-hybridized carbons (Fsp3) is 0.250. The molecule has 1 aromatic rings. The third-order valence-corrected chi connectivity index (χ3v) is 1.69. The lowest BCUT2D eigenvalue weighted by atomic mass is 10.2. The van der Waals surface area contributed by atoms with E-state index >= 15 is 0 Å². The lowest BCUT2D eigenvalue weighted by Crippen LogP contribution is -3.04. The van der Waals surface area contributed by atoms with Gasteiger partial charge in [0.2, 0.25) is 0 Å². The zero-order valence-electron chi connectivity index (χ0n) is 7.13. The highest BCUT2D eigenvalue weighted by Crippen LogP contribution is 2.10. The molecule has 0 aliphatic heterocycles. The molecular formula is C8H12N2O2. The molecule has 1 aromatic carbocycles. The van der Waals surface area contributed by atoms with Crippen LogP contribution in [0.15, 0.2) is 24.3 Å². The maximum atomic E-state index is 11.0. The molecule has 0 fully saturated rings. The number of hydroxylamine groups is 2. The minimum Gasteiger partial charge on any atom is -0.629 e. The molecule has 2 atom stereocenters. The van der Waals surface area contributed by atoms with Crippen molar-refractivity contribution in [2.75, 3.05) is 14.1 Å². The largest absolute Gasteiger partial charge is 0.629 e. The van der Waals surface area contributed by atoms with Crippen LogP contribution in [-0.2, 0) is 0 Å². The second-order valence-electron chi connectivity index (χ2n) is 2.66. The molecule has 1 rings (SSSR count). The van der Waals surface area contributed by atoms with E-state index in [-0.39, 0.29) is 10.1 Å². The molecule has 4 heteroatoms. The minimum absolute atomic E-state index is 0.0687. The first kappa shape index (κ1) is 9.15. The topological polar surface area (TPSA) is 55.0 Å². The van der Waals surface area contributed by atoms with Gasteiger partial charge in [-0.1, -0.05) is 12.1 Å². The van der Waals surface area contributed by atoms with E-state index < -0.39 is 0 Å². The van der Waals surface area contributed by atoms with E-state index in [2.05, 4.69) is 0 Å². The Balaban J connectivity index is 3.09. The van der Waals surface area contributed by atoms with Gasteiger partial charge >= 0.3 is 0 Å². The number of benzene rings is 1. The van der Waals surface area contributed by atoms with Crippen LogP contribution in [0.3, 0.4) is 0 Å². The number of nitrogens with one attached hydrogen (secondary N) is 2. The summed E-state index contributed by atoms with van der Waals surface area (Å²) in [5.41, 5.74) is 1.01. The summed E-state index contributed by atoms with van der Waals surface area (Å²) in [6.07, 6.45) is 0. The van der Waals surface area contributed by atoms with Crippen LogP contribution in [0.25, 0.3) is 0 Å². The Morgan fingerprint density at radius 1 is 0.917 bits per heavy atom. The van der Waals surface area contributed by atoms with Crippen molar-refractivity contribution in [2.24, 2.45) is 0 Å². The predicted octanol–water partition coefficient (Wildman–Crippen LogP) is -1.03. The molecular weight excluding hydrogens is 156 g/mol.